The van der Waals surface area contributed by atoms with Crippen molar-refractivity contribution in [2.24, 2.45) is 0 Å². The first-order valence-corrected chi connectivity index (χ1v) is 6.19. The molecule has 1 aromatic rings. The Morgan fingerprint density at radius 3 is 2.50 bits per heavy atom. The molecule has 0 radical (unpaired) electrons. The van der Waals surface area contributed by atoms with Crippen LogP contribution in [0.25, 0.3) is 0 Å². The summed E-state index contributed by atoms with van der Waals surface area (Å²) >= 11 is 0. The number of hydrogen-bond donors (Lipinski definition) is 1. The van der Waals surface area contributed by atoms with Crippen molar-refractivity contribution in [1.82, 2.24) is 15.2 Å². The fourth-order valence-electron chi connectivity index (χ4n) is 2.40. The van der Waals surface area contributed by atoms with Crippen LogP contribution in [0.3, 0.4) is 0 Å². The Kier molecular flexibility index (Phi) is 8.53. The van der Waals surface area contributed by atoms with Crippen LogP contribution in [-0.4, -0.2) is 36.1 Å². The molecule has 1 N–H and O–H groups in total. The Morgan fingerprint density at radius 2 is 1.94 bits per heavy atom. The van der Waals surface area contributed by atoms with Crippen LogP contribution >= 0.6 is 24.8 Å². The quantitative estimate of drug-likeness (QED) is 0.928. The van der Waals surface area contributed by atoms with Crippen LogP contribution in [0.5, 0.6) is 0 Å². The number of hydrogen-bond acceptors (Lipinski definition) is 3. The molecule has 1 aliphatic heterocycles. The largest absolute Gasteiger partial charge is 0.314 e. The van der Waals surface area contributed by atoms with E-state index in [1.165, 1.54) is 5.69 Å². The standard InChI is InChI=1S/C13H21N3.2ClH/c1-3-13(16-9-7-14-8-10-16)12-6-4-5-11(2)15-12;;/h4-6,13-14H,3,7-10H2,1-2H3;2*1H/t13-;;/m1../s1. The van der Waals surface area contributed by atoms with E-state index in [1.807, 2.05) is 0 Å². The summed E-state index contributed by atoms with van der Waals surface area (Å²) in [5, 5.41) is 3.39. The molecular weight excluding hydrogens is 269 g/mol. The van der Waals surface area contributed by atoms with Gasteiger partial charge >= 0.3 is 0 Å². The third-order valence-electron chi connectivity index (χ3n) is 3.23. The Balaban J connectivity index is 0.00000144. The monoisotopic (exact) mass is 291 g/mol. The summed E-state index contributed by atoms with van der Waals surface area (Å²) in [6.07, 6.45) is 1.14. The molecule has 2 heterocycles. The van der Waals surface area contributed by atoms with E-state index in [2.05, 4.69) is 47.2 Å². The minimum absolute atomic E-state index is 0. The highest BCUT2D eigenvalue weighted by molar-refractivity contribution is 5.85. The lowest BCUT2D eigenvalue weighted by atomic mass is 10.1. The molecule has 2 rings (SSSR count). The molecule has 0 amide bonds. The first kappa shape index (κ1) is 17.6. The molecular formula is C13H23Cl2N3. The Morgan fingerprint density at radius 1 is 1.28 bits per heavy atom. The number of piperazine rings is 1. The van der Waals surface area contributed by atoms with E-state index in [0.29, 0.717) is 6.04 Å². The van der Waals surface area contributed by atoms with Gasteiger partial charge in [-0.1, -0.05) is 13.0 Å². The molecule has 104 valence electrons. The van der Waals surface area contributed by atoms with Gasteiger partial charge in [0.15, 0.2) is 0 Å². The summed E-state index contributed by atoms with van der Waals surface area (Å²) in [6, 6.07) is 6.82. The summed E-state index contributed by atoms with van der Waals surface area (Å²) in [6.45, 7) is 8.78. The molecule has 0 aromatic carbocycles. The third kappa shape index (κ3) is 4.39. The van der Waals surface area contributed by atoms with E-state index in [9.17, 15) is 0 Å². The second-order valence-corrected chi connectivity index (χ2v) is 4.41. The van der Waals surface area contributed by atoms with Crippen LogP contribution in [0.15, 0.2) is 18.2 Å². The van der Waals surface area contributed by atoms with Crippen LogP contribution < -0.4 is 5.32 Å². The fraction of sp³-hybridized carbons (Fsp3) is 0.615. The highest BCUT2D eigenvalue weighted by Crippen LogP contribution is 2.22. The van der Waals surface area contributed by atoms with Crippen molar-refractivity contribution in [3.63, 3.8) is 0 Å². The normalized spacial score (nSPS) is 17.4. The minimum Gasteiger partial charge on any atom is -0.314 e. The Hall–Kier alpha value is -0.350. The van der Waals surface area contributed by atoms with Crippen LogP contribution in [0.1, 0.15) is 30.8 Å². The van der Waals surface area contributed by atoms with Crippen molar-refractivity contribution < 1.29 is 0 Å². The zero-order valence-corrected chi connectivity index (χ0v) is 12.7. The molecule has 0 spiro atoms. The number of pyridine rings is 1. The molecule has 0 saturated carbocycles. The first-order chi connectivity index (χ1) is 7.81. The van der Waals surface area contributed by atoms with Crippen LogP contribution in [-0.2, 0) is 0 Å². The highest BCUT2D eigenvalue weighted by Gasteiger charge is 2.21. The van der Waals surface area contributed by atoms with Crippen molar-refractivity contribution >= 4 is 24.8 Å². The molecule has 18 heavy (non-hydrogen) atoms. The van der Waals surface area contributed by atoms with Gasteiger partial charge in [-0.05, 0) is 25.5 Å². The maximum atomic E-state index is 4.66. The van der Waals surface area contributed by atoms with Crippen LogP contribution in [0, 0.1) is 6.92 Å². The molecule has 0 aliphatic carbocycles. The number of aromatic nitrogens is 1. The molecule has 1 aromatic heterocycles. The zero-order chi connectivity index (χ0) is 11.4. The number of aryl methyl sites for hydroxylation is 1. The van der Waals surface area contributed by atoms with E-state index in [0.717, 1.165) is 38.3 Å². The molecule has 1 saturated heterocycles. The van der Waals surface area contributed by atoms with Crippen LogP contribution in [0.2, 0.25) is 0 Å². The lowest BCUT2D eigenvalue weighted by Crippen LogP contribution is -2.45. The van der Waals surface area contributed by atoms with Gasteiger partial charge in [0, 0.05) is 31.9 Å². The summed E-state index contributed by atoms with van der Waals surface area (Å²) in [4.78, 5) is 7.20. The smallest absolute Gasteiger partial charge is 0.0578 e. The molecule has 1 fully saturated rings. The molecule has 3 nitrogen and oxygen atoms in total. The minimum atomic E-state index is 0. The van der Waals surface area contributed by atoms with Gasteiger partial charge in [0.05, 0.1) is 11.7 Å². The van der Waals surface area contributed by atoms with Gasteiger partial charge in [-0.2, -0.15) is 0 Å². The zero-order valence-electron chi connectivity index (χ0n) is 11.1. The molecule has 1 atom stereocenters. The number of nitrogens with zero attached hydrogens (tertiary/aromatic N) is 2. The van der Waals surface area contributed by atoms with Crippen molar-refractivity contribution in [2.45, 2.75) is 26.3 Å². The summed E-state index contributed by atoms with van der Waals surface area (Å²) in [5.74, 6) is 0. The van der Waals surface area contributed by atoms with E-state index in [1.54, 1.807) is 0 Å². The van der Waals surface area contributed by atoms with Gasteiger partial charge in [0.2, 0.25) is 0 Å². The fourth-order valence-corrected chi connectivity index (χ4v) is 2.40. The molecule has 5 heteroatoms. The van der Waals surface area contributed by atoms with Crippen molar-refractivity contribution in [3.05, 3.63) is 29.6 Å². The van der Waals surface area contributed by atoms with Crippen molar-refractivity contribution in [1.29, 1.82) is 0 Å². The molecule has 0 unspecified atom stereocenters. The van der Waals surface area contributed by atoms with Gasteiger partial charge < -0.3 is 5.32 Å². The van der Waals surface area contributed by atoms with Gasteiger partial charge in [-0.3, -0.25) is 9.88 Å². The first-order valence-electron chi connectivity index (χ1n) is 6.19. The number of halogens is 2. The average Bonchev–Trinajstić information content (AvgIpc) is 2.31. The maximum Gasteiger partial charge on any atom is 0.0578 e. The van der Waals surface area contributed by atoms with Gasteiger partial charge in [-0.15, -0.1) is 24.8 Å². The van der Waals surface area contributed by atoms with E-state index in [4.69, 9.17) is 0 Å². The van der Waals surface area contributed by atoms with Crippen LogP contribution in [0.4, 0.5) is 0 Å². The van der Waals surface area contributed by atoms with E-state index in [-0.39, 0.29) is 24.8 Å². The topological polar surface area (TPSA) is 28.2 Å². The summed E-state index contributed by atoms with van der Waals surface area (Å²) in [5.41, 5.74) is 2.34. The number of rotatable bonds is 3. The second kappa shape index (κ2) is 8.70. The maximum absolute atomic E-state index is 4.66. The Labute approximate surface area is 122 Å². The van der Waals surface area contributed by atoms with Gasteiger partial charge in [0.25, 0.3) is 0 Å². The highest BCUT2D eigenvalue weighted by atomic mass is 35.5. The SMILES string of the molecule is CC[C@H](c1cccc(C)n1)N1CCNCC1.Cl.Cl. The second-order valence-electron chi connectivity index (χ2n) is 4.41. The number of nitrogens with one attached hydrogen (secondary N) is 1. The molecule has 0 bridgehead atoms. The summed E-state index contributed by atoms with van der Waals surface area (Å²) < 4.78 is 0. The average molecular weight is 292 g/mol. The Bertz CT molecular complexity index is 341. The lowest BCUT2D eigenvalue weighted by Gasteiger charge is -2.34. The van der Waals surface area contributed by atoms with Crippen molar-refractivity contribution in [3.8, 4) is 0 Å². The molecule has 1 aliphatic rings. The predicted molar refractivity (Wildman–Crippen MR) is 80.9 cm³/mol. The van der Waals surface area contributed by atoms with Gasteiger partial charge in [-0.25, -0.2) is 0 Å². The summed E-state index contributed by atoms with van der Waals surface area (Å²) in [7, 11) is 0. The van der Waals surface area contributed by atoms with Gasteiger partial charge in [0.1, 0.15) is 0 Å². The lowest BCUT2D eigenvalue weighted by molar-refractivity contribution is 0.166. The van der Waals surface area contributed by atoms with E-state index >= 15 is 0 Å². The predicted octanol–water partition coefficient (Wildman–Crippen LogP) is 2.59. The third-order valence-corrected chi connectivity index (χ3v) is 3.23. The van der Waals surface area contributed by atoms with E-state index < -0.39 is 0 Å². The van der Waals surface area contributed by atoms with Crippen molar-refractivity contribution in [2.75, 3.05) is 26.2 Å².